The van der Waals surface area contributed by atoms with Gasteiger partial charge in [0, 0.05) is 14.1 Å². The summed E-state index contributed by atoms with van der Waals surface area (Å²) in [5.41, 5.74) is 0.858. The third-order valence-electron chi connectivity index (χ3n) is 2.33. The van der Waals surface area contributed by atoms with E-state index in [1.807, 2.05) is 33.1 Å². The Hall–Kier alpha value is -1.69. The molecule has 0 aliphatic rings. The fourth-order valence-corrected chi connectivity index (χ4v) is 1.61. The van der Waals surface area contributed by atoms with E-state index in [9.17, 15) is 0 Å². The van der Waals surface area contributed by atoms with Crippen molar-refractivity contribution < 1.29 is 0 Å². The third-order valence-corrected chi connectivity index (χ3v) is 2.33. The Morgan fingerprint density at radius 2 is 2.12 bits per heavy atom. The summed E-state index contributed by atoms with van der Waals surface area (Å²) in [4.78, 5) is 11.0. The van der Waals surface area contributed by atoms with Gasteiger partial charge in [-0.05, 0) is 14.1 Å². The van der Waals surface area contributed by atoms with Gasteiger partial charge in [0.25, 0.3) is 0 Å². The van der Waals surface area contributed by atoms with Crippen molar-refractivity contribution in [1.29, 1.82) is 0 Å². The number of hydrogen-bond acceptors (Lipinski definition) is 5. The van der Waals surface area contributed by atoms with Crippen molar-refractivity contribution in [1.82, 2.24) is 24.6 Å². The molecule has 0 aliphatic heterocycles. The molecule has 1 N–H and O–H groups in total. The van der Waals surface area contributed by atoms with Gasteiger partial charge in [0.15, 0.2) is 5.65 Å². The summed E-state index contributed by atoms with van der Waals surface area (Å²) in [7, 11) is 7.73. The number of hydrogen-bond donors (Lipinski definition) is 1. The lowest BCUT2D eigenvalue weighted by molar-refractivity contribution is 0.391. The number of aromatic nitrogens is 4. The molecular formula is C10H16N6. The summed E-state index contributed by atoms with van der Waals surface area (Å²) in [6, 6.07) is 0. The average molecular weight is 220 g/mol. The lowest BCUT2D eigenvalue weighted by Gasteiger charge is -2.10. The Morgan fingerprint density at radius 3 is 2.75 bits per heavy atom. The molecule has 0 saturated carbocycles. The van der Waals surface area contributed by atoms with E-state index in [1.165, 1.54) is 0 Å². The van der Waals surface area contributed by atoms with Crippen LogP contribution in [0.3, 0.4) is 0 Å². The van der Waals surface area contributed by atoms with Crippen LogP contribution in [-0.2, 0) is 13.6 Å². The van der Waals surface area contributed by atoms with Crippen LogP contribution < -0.4 is 5.32 Å². The predicted octanol–water partition coefficient (Wildman–Crippen LogP) is 0.467. The monoisotopic (exact) mass is 220 g/mol. The second kappa shape index (κ2) is 4.05. The Kier molecular flexibility index (Phi) is 2.74. The van der Waals surface area contributed by atoms with Crippen molar-refractivity contribution in [2.75, 3.05) is 26.5 Å². The highest BCUT2D eigenvalue weighted by Crippen LogP contribution is 2.19. The summed E-state index contributed by atoms with van der Waals surface area (Å²) in [5, 5.41) is 8.21. The van der Waals surface area contributed by atoms with Gasteiger partial charge in [-0.2, -0.15) is 5.10 Å². The highest BCUT2D eigenvalue weighted by atomic mass is 15.3. The third kappa shape index (κ3) is 1.83. The second-order valence-electron chi connectivity index (χ2n) is 3.98. The van der Waals surface area contributed by atoms with Gasteiger partial charge in [-0.25, -0.2) is 9.97 Å². The van der Waals surface area contributed by atoms with Crippen LogP contribution in [0.25, 0.3) is 11.0 Å². The maximum absolute atomic E-state index is 4.49. The zero-order valence-electron chi connectivity index (χ0n) is 10.0. The van der Waals surface area contributed by atoms with Crippen molar-refractivity contribution in [2.24, 2.45) is 7.05 Å². The largest absolute Gasteiger partial charge is 0.372 e. The molecule has 2 aromatic heterocycles. The van der Waals surface area contributed by atoms with Gasteiger partial charge < -0.3 is 10.2 Å². The van der Waals surface area contributed by atoms with Crippen molar-refractivity contribution >= 4 is 16.9 Å². The summed E-state index contributed by atoms with van der Waals surface area (Å²) in [6.07, 6.45) is 1.78. The minimum absolute atomic E-state index is 0.718. The van der Waals surface area contributed by atoms with Gasteiger partial charge in [0.1, 0.15) is 11.6 Å². The Morgan fingerprint density at radius 1 is 1.38 bits per heavy atom. The molecule has 0 atom stereocenters. The molecule has 86 valence electrons. The molecule has 6 nitrogen and oxygen atoms in total. The summed E-state index contributed by atoms with van der Waals surface area (Å²) < 4.78 is 1.76. The van der Waals surface area contributed by atoms with Gasteiger partial charge in [-0.1, -0.05) is 0 Å². The van der Waals surface area contributed by atoms with Crippen LogP contribution in [-0.4, -0.2) is 45.8 Å². The zero-order chi connectivity index (χ0) is 11.7. The van der Waals surface area contributed by atoms with Gasteiger partial charge in [0.05, 0.1) is 18.1 Å². The molecule has 0 radical (unpaired) electrons. The molecule has 2 rings (SSSR count). The second-order valence-corrected chi connectivity index (χ2v) is 3.98. The Labute approximate surface area is 94.3 Å². The van der Waals surface area contributed by atoms with E-state index in [0.29, 0.717) is 0 Å². The zero-order valence-corrected chi connectivity index (χ0v) is 10.0. The van der Waals surface area contributed by atoms with E-state index in [4.69, 9.17) is 0 Å². The molecule has 0 aromatic carbocycles. The van der Waals surface area contributed by atoms with E-state index >= 15 is 0 Å². The molecule has 0 fully saturated rings. The quantitative estimate of drug-likeness (QED) is 0.814. The highest BCUT2D eigenvalue weighted by Gasteiger charge is 2.10. The van der Waals surface area contributed by atoms with Gasteiger partial charge in [-0.3, -0.25) is 4.68 Å². The van der Waals surface area contributed by atoms with Crippen molar-refractivity contribution in [3.05, 3.63) is 12.0 Å². The van der Waals surface area contributed by atoms with Gasteiger partial charge in [-0.15, -0.1) is 0 Å². The highest BCUT2D eigenvalue weighted by molar-refractivity contribution is 5.86. The number of nitrogens with zero attached hydrogens (tertiary/aromatic N) is 5. The van der Waals surface area contributed by atoms with Crippen molar-refractivity contribution in [3.8, 4) is 0 Å². The molecule has 0 unspecified atom stereocenters. The average Bonchev–Trinajstić information content (AvgIpc) is 2.59. The first-order valence-electron chi connectivity index (χ1n) is 5.13. The normalized spacial score (nSPS) is 11.3. The standard InChI is InChI=1S/C10H16N6/c1-11-9-7-5-12-16(4)10(7)14-8(13-9)6-15(2)3/h5H,6H2,1-4H3,(H,11,13,14). The van der Waals surface area contributed by atoms with Crippen LogP contribution in [0, 0.1) is 0 Å². The molecule has 0 spiro atoms. The van der Waals surface area contributed by atoms with E-state index in [2.05, 4.69) is 20.4 Å². The predicted molar refractivity (Wildman–Crippen MR) is 63.2 cm³/mol. The number of rotatable bonds is 3. The molecule has 0 saturated heterocycles. The minimum Gasteiger partial charge on any atom is -0.372 e. The number of anilines is 1. The Balaban J connectivity index is 2.56. The SMILES string of the molecule is CNc1nc(CN(C)C)nc2c1cnn2C. The first kappa shape index (κ1) is 10.8. The van der Waals surface area contributed by atoms with Crippen LogP contribution in [0.15, 0.2) is 6.20 Å². The molecule has 0 aliphatic carbocycles. The first-order chi connectivity index (χ1) is 7.61. The van der Waals surface area contributed by atoms with Crippen LogP contribution in [0.4, 0.5) is 5.82 Å². The molecule has 16 heavy (non-hydrogen) atoms. The van der Waals surface area contributed by atoms with E-state index in [1.54, 1.807) is 10.9 Å². The molecule has 6 heteroatoms. The Bertz CT molecular complexity index is 501. The van der Waals surface area contributed by atoms with Crippen LogP contribution in [0.1, 0.15) is 5.82 Å². The number of nitrogens with one attached hydrogen (secondary N) is 1. The number of aryl methyl sites for hydroxylation is 1. The van der Waals surface area contributed by atoms with E-state index < -0.39 is 0 Å². The lowest BCUT2D eigenvalue weighted by Crippen LogP contribution is -2.14. The molecule has 0 bridgehead atoms. The fraction of sp³-hybridized carbons (Fsp3) is 0.500. The van der Waals surface area contributed by atoms with Crippen LogP contribution in [0.5, 0.6) is 0 Å². The summed E-state index contributed by atoms with van der Waals surface area (Å²) in [5.74, 6) is 1.63. The fourth-order valence-electron chi connectivity index (χ4n) is 1.61. The van der Waals surface area contributed by atoms with E-state index in [0.717, 1.165) is 29.2 Å². The summed E-state index contributed by atoms with van der Waals surface area (Å²) in [6.45, 7) is 0.718. The maximum Gasteiger partial charge on any atom is 0.163 e. The van der Waals surface area contributed by atoms with Crippen LogP contribution >= 0.6 is 0 Å². The topological polar surface area (TPSA) is 58.9 Å². The van der Waals surface area contributed by atoms with E-state index in [-0.39, 0.29) is 0 Å². The maximum atomic E-state index is 4.49. The lowest BCUT2D eigenvalue weighted by atomic mass is 10.3. The molecule has 2 heterocycles. The van der Waals surface area contributed by atoms with Crippen molar-refractivity contribution in [2.45, 2.75) is 6.54 Å². The molecule has 0 amide bonds. The molecule has 2 aromatic rings. The smallest absolute Gasteiger partial charge is 0.163 e. The minimum atomic E-state index is 0.718. The van der Waals surface area contributed by atoms with Crippen LogP contribution in [0.2, 0.25) is 0 Å². The van der Waals surface area contributed by atoms with Gasteiger partial charge in [0.2, 0.25) is 0 Å². The number of fused-ring (bicyclic) bond motifs is 1. The molecular weight excluding hydrogens is 204 g/mol. The summed E-state index contributed by atoms with van der Waals surface area (Å²) >= 11 is 0. The van der Waals surface area contributed by atoms with Gasteiger partial charge >= 0.3 is 0 Å². The first-order valence-corrected chi connectivity index (χ1v) is 5.13. The van der Waals surface area contributed by atoms with Crippen molar-refractivity contribution in [3.63, 3.8) is 0 Å².